The maximum atomic E-state index is 6.15. The summed E-state index contributed by atoms with van der Waals surface area (Å²) in [5, 5.41) is 11.8. The summed E-state index contributed by atoms with van der Waals surface area (Å²) in [6.45, 7) is 2.97. The van der Waals surface area contributed by atoms with Gasteiger partial charge in [0.2, 0.25) is 0 Å². The van der Waals surface area contributed by atoms with Crippen molar-refractivity contribution in [1.29, 1.82) is 0 Å². The highest BCUT2D eigenvalue weighted by molar-refractivity contribution is 6.34. The van der Waals surface area contributed by atoms with Crippen molar-refractivity contribution < 1.29 is 4.42 Å². The zero-order valence-electron chi connectivity index (χ0n) is 11.1. The SMILES string of the molecule is CCCNC(c1ncn[nH]1)c1cc2cccc(Cl)c2o1. The van der Waals surface area contributed by atoms with Crippen LogP contribution in [-0.2, 0) is 0 Å². The number of para-hydroxylation sites is 1. The van der Waals surface area contributed by atoms with Gasteiger partial charge in [-0.3, -0.25) is 5.10 Å². The molecule has 0 aliphatic rings. The van der Waals surface area contributed by atoms with Gasteiger partial charge in [-0.15, -0.1) is 0 Å². The molecule has 0 bridgehead atoms. The fourth-order valence-corrected chi connectivity index (χ4v) is 2.38. The van der Waals surface area contributed by atoms with Gasteiger partial charge in [0.15, 0.2) is 5.58 Å². The highest BCUT2D eigenvalue weighted by atomic mass is 35.5. The molecule has 0 amide bonds. The normalized spacial score (nSPS) is 12.9. The summed E-state index contributed by atoms with van der Waals surface area (Å²) in [5.74, 6) is 1.51. The molecule has 0 fully saturated rings. The Kier molecular flexibility index (Phi) is 3.71. The number of aromatic amines is 1. The molecule has 0 saturated heterocycles. The topological polar surface area (TPSA) is 66.7 Å². The third-order valence-corrected chi connectivity index (χ3v) is 3.40. The lowest BCUT2D eigenvalue weighted by Gasteiger charge is -2.12. The summed E-state index contributed by atoms with van der Waals surface area (Å²) in [6, 6.07) is 7.54. The lowest BCUT2D eigenvalue weighted by molar-refractivity contribution is 0.457. The van der Waals surface area contributed by atoms with E-state index in [1.54, 1.807) is 0 Å². The number of hydrogen-bond acceptors (Lipinski definition) is 4. The second kappa shape index (κ2) is 5.64. The smallest absolute Gasteiger partial charge is 0.152 e. The average Bonchev–Trinajstić information content (AvgIpc) is 3.09. The van der Waals surface area contributed by atoms with Gasteiger partial charge in [0.1, 0.15) is 24.0 Å². The van der Waals surface area contributed by atoms with E-state index >= 15 is 0 Å². The molecule has 3 rings (SSSR count). The van der Waals surface area contributed by atoms with E-state index in [1.807, 2.05) is 24.3 Å². The minimum absolute atomic E-state index is 0.152. The number of hydrogen-bond donors (Lipinski definition) is 2. The number of furan rings is 1. The fraction of sp³-hybridized carbons (Fsp3) is 0.286. The molecular formula is C14H15ClN4O. The van der Waals surface area contributed by atoms with E-state index in [1.165, 1.54) is 6.33 Å². The van der Waals surface area contributed by atoms with Crippen LogP contribution in [0.15, 0.2) is 35.0 Å². The molecule has 1 aromatic carbocycles. The van der Waals surface area contributed by atoms with Gasteiger partial charge in [-0.05, 0) is 25.1 Å². The highest BCUT2D eigenvalue weighted by Gasteiger charge is 2.21. The zero-order valence-corrected chi connectivity index (χ0v) is 11.8. The van der Waals surface area contributed by atoms with Crippen molar-refractivity contribution in [3.8, 4) is 0 Å². The van der Waals surface area contributed by atoms with Crippen LogP contribution in [0.4, 0.5) is 0 Å². The van der Waals surface area contributed by atoms with Crippen LogP contribution in [0.2, 0.25) is 5.02 Å². The predicted octanol–water partition coefficient (Wildman–Crippen LogP) is 3.29. The first kappa shape index (κ1) is 13.1. The van der Waals surface area contributed by atoms with E-state index in [9.17, 15) is 0 Å². The second-order valence-corrected chi connectivity index (χ2v) is 4.97. The molecule has 0 spiro atoms. The molecule has 0 saturated carbocycles. The van der Waals surface area contributed by atoms with Crippen LogP contribution in [0.1, 0.15) is 31.0 Å². The molecule has 0 radical (unpaired) electrons. The molecule has 1 unspecified atom stereocenters. The maximum Gasteiger partial charge on any atom is 0.152 e. The first-order valence-electron chi connectivity index (χ1n) is 6.56. The molecule has 6 heteroatoms. The Bertz CT molecular complexity index is 692. The molecule has 2 N–H and O–H groups in total. The molecule has 0 aliphatic heterocycles. The van der Waals surface area contributed by atoms with Gasteiger partial charge in [-0.1, -0.05) is 30.7 Å². The second-order valence-electron chi connectivity index (χ2n) is 4.56. The van der Waals surface area contributed by atoms with E-state index < -0.39 is 0 Å². The summed E-state index contributed by atoms with van der Waals surface area (Å²) in [6.07, 6.45) is 2.51. The molecule has 2 heterocycles. The Balaban J connectivity index is 2.02. The molecule has 3 aromatic rings. The summed E-state index contributed by atoms with van der Waals surface area (Å²) in [5.41, 5.74) is 0.701. The van der Waals surface area contributed by atoms with Crippen molar-refractivity contribution in [3.63, 3.8) is 0 Å². The van der Waals surface area contributed by atoms with Gasteiger partial charge < -0.3 is 9.73 Å². The van der Waals surface area contributed by atoms with Crippen LogP contribution in [0.5, 0.6) is 0 Å². The minimum Gasteiger partial charge on any atom is -0.457 e. The van der Waals surface area contributed by atoms with Crippen LogP contribution < -0.4 is 5.32 Å². The quantitative estimate of drug-likeness (QED) is 0.756. The highest BCUT2D eigenvalue weighted by Crippen LogP contribution is 2.30. The van der Waals surface area contributed by atoms with Crippen molar-refractivity contribution >= 4 is 22.6 Å². The standard InChI is InChI=1S/C14H15ClN4O/c1-2-6-16-12(14-17-8-18-19-14)11-7-9-4-3-5-10(15)13(9)20-11/h3-5,7-8,12,16H,2,6H2,1H3,(H,17,18,19). The van der Waals surface area contributed by atoms with Gasteiger partial charge in [-0.25, -0.2) is 4.98 Å². The molecule has 1 atom stereocenters. The van der Waals surface area contributed by atoms with Crippen LogP contribution in [0.25, 0.3) is 11.0 Å². The number of nitrogens with zero attached hydrogens (tertiary/aromatic N) is 2. The van der Waals surface area contributed by atoms with E-state index in [0.717, 1.165) is 29.9 Å². The van der Waals surface area contributed by atoms with E-state index in [0.29, 0.717) is 10.6 Å². The first-order chi connectivity index (χ1) is 9.79. The van der Waals surface area contributed by atoms with E-state index in [2.05, 4.69) is 27.4 Å². The number of nitrogens with one attached hydrogen (secondary N) is 2. The Morgan fingerprint density at radius 1 is 1.45 bits per heavy atom. The van der Waals surface area contributed by atoms with Crippen molar-refractivity contribution in [2.24, 2.45) is 0 Å². The van der Waals surface area contributed by atoms with Crippen LogP contribution in [0.3, 0.4) is 0 Å². The maximum absolute atomic E-state index is 6.15. The van der Waals surface area contributed by atoms with Crippen molar-refractivity contribution in [2.45, 2.75) is 19.4 Å². The lowest BCUT2D eigenvalue weighted by Crippen LogP contribution is -2.23. The van der Waals surface area contributed by atoms with Gasteiger partial charge in [0.05, 0.1) is 5.02 Å². The lowest BCUT2D eigenvalue weighted by atomic mass is 10.2. The van der Waals surface area contributed by atoms with Gasteiger partial charge in [0.25, 0.3) is 0 Å². The van der Waals surface area contributed by atoms with Gasteiger partial charge >= 0.3 is 0 Å². The van der Waals surface area contributed by atoms with Crippen molar-refractivity contribution in [2.75, 3.05) is 6.54 Å². The summed E-state index contributed by atoms with van der Waals surface area (Å²) in [4.78, 5) is 4.22. The van der Waals surface area contributed by atoms with Gasteiger partial charge in [0, 0.05) is 5.39 Å². The Hall–Kier alpha value is -1.85. The number of H-pyrrole nitrogens is 1. The number of benzene rings is 1. The Morgan fingerprint density at radius 3 is 3.05 bits per heavy atom. The third-order valence-electron chi connectivity index (χ3n) is 3.11. The van der Waals surface area contributed by atoms with Crippen LogP contribution >= 0.6 is 11.6 Å². The van der Waals surface area contributed by atoms with E-state index in [4.69, 9.17) is 16.0 Å². The molecule has 2 aromatic heterocycles. The molecule has 20 heavy (non-hydrogen) atoms. The zero-order chi connectivity index (χ0) is 13.9. The first-order valence-corrected chi connectivity index (χ1v) is 6.94. The number of fused-ring (bicyclic) bond motifs is 1. The summed E-state index contributed by atoms with van der Waals surface area (Å²) >= 11 is 6.15. The summed E-state index contributed by atoms with van der Waals surface area (Å²) in [7, 11) is 0. The Labute approximate surface area is 121 Å². The third kappa shape index (κ3) is 2.42. The average molecular weight is 291 g/mol. The molecule has 0 aliphatic carbocycles. The minimum atomic E-state index is -0.152. The molecule has 104 valence electrons. The monoisotopic (exact) mass is 290 g/mol. The fourth-order valence-electron chi connectivity index (χ4n) is 2.16. The number of aromatic nitrogens is 3. The Morgan fingerprint density at radius 2 is 2.35 bits per heavy atom. The van der Waals surface area contributed by atoms with Crippen LogP contribution in [-0.4, -0.2) is 21.7 Å². The molecule has 5 nitrogen and oxygen atoms in total. The van der Waals surface area contributed by atoms with Crippen LogP contribution in [0, 0.1) is 0 Å². The predicted molar refractivity (Wildman–Crippen MR) is 77.7 cm³/mol. The van der Waals surface area contributed by atoms with Gasteiger partial charge in [-0.2, -0.15) is 5.10 Å². The summed E-state index contributed by atoms with van der Waals surface area (Å²) < 4.78 is 5.90. The number of halogens is 1. The van der Waals surface area contributed by atoms with E-state index in [-0.39, 0.29) is 6.04 Å². The molecular weight excluding hydrogens is 276 g/mol. The number of rotatable bonds is 5. The largest absolute Gasteiger partial charge is 0.457 e. The van der Waals surface area contributed by atoms with Crippen molar-refractivity contribution in [1.82, 2.24) is 20.5 Å². The van der Waals surface area contributed by atoms with Crippen molar-refractivity contribution in [3.05, 3.63) is 47.2 Å².